The van der Waals surface area contributed by atoms with Gasteiger partial charge in [0.15, 0.2) is 0 Å². The number of hydrogen-bond donors (Lipinski definition) is 1. The fourth-order valence-electron chi connectivity index (χ4n) is 2.47. The van der Waals surface area contributed by atoms with E-state index in [-0.39, 0.29) is 5.91 Å². The van der Waals surface area contributed by atoms with Gasteiger partial charge in [-0.15, -0.1) is 0 Å². The van der Waals surface area contributed by atoms with Crippen molar-refractivity contribution in [3.63, 3.8) is 0 Å². The van der Waals surface area contributed by atoms with Crippen LogP contribution in [0.4, 0.5) is 5.82 Å². The summed E-state index contributed by atoms with van der Waals surface area (Å²) in [6.45, 7) is 1.21. The van der Waals surface area contributed by atoms with Crippen LogP contribution in [0.15, 0.2) is 36.7 Å². The Morgan fingerprint density at radius 1 is 1.20 bits per heavy atom. The lowest BCUT2D eigenvalue weighted by Crippen LogP contribution is -2.30. The molecule has 5 heteroatoms. The molecular weight excluding hydrogens is 252 g/mol. The van der Waals surface area contributed by atoms with Gasteiger partial charge in [-0.1, -0.05) is 18.2 Å². The molecule has 0 unspecified atom stereocenters. The first kappa shape index (κ1) is 12.6. The highest BCUT2D eigenvalue weighted by Crippen LogP contribution is 2.19. The average Bonchev–Trinajstić information content (AvgIpc) is 2.62. The van der Waals surface area contributed by atoms with Gasteiger partial charge >= 0.3 is 0 Å². The van der Waals surface area contributed by atoms with Crippen molar-refractivity contribution < 1.29 is 4.79 Å². The molecule has 2 aromatic rings. The third-order valence-corrected chi connectivity index (χ3v) is 3.49. The Morgan fingerprint density at radius 3 is 2.85 bits per heavy atom. The van der Waals surface area contributed by atoms with Crippen LogP contribution < -0.4 is 5.73 Å². The molecule has 1 aliphatic heterocycles. The number of carbonyl (C=O) groups excluding carboxylic acids is 1. The maximum atomic E-state index is 12.6. The number of benzene rings is 1. The Bertz CT molecular complexity index is 624. The third kappa shape index (κ3) is 2.47. The zero-order chi connectivity index (χ0) is 13.9. The van der Waals surface area contributed by atoms with Gasteiger partial charge in [-0.3, -0.25) is 9.78 Å². The highest BCUT2D eigenvalue weighted by atomic mass is 16.2. The molecule has 0 saturated carbocycles. The van der Waals surface area contributed by atoms with Crippen molar-refractivity contribution in [3.05, 3.63) is 53.5 Å². The van der Waals surface area contributed by atoms with E-state index in [1.165, 1.54) is 6.20 Å². The Hall–Kier alpha value is -2.43. The van der Waals surface area contributed by atoms with Crippen LogP contribution in [0.3, 0.4) is 0 Å². The molecule has 0 spiro atoms. The van der Waals surface area contributed by atoms with Crippen LogP contribution in [0.2, 0.25) is 0 Å². The molecule has 0 fully saturated rings. The quantitative estimate of drug-likeness (QED) is 0.898. The van der Waals surface area contributed by atoms with Crippen LogP contribution in [0.25, 0.3) is 0 Å². The number of amides is 1. The summed E-state index contributed by atoms with van der Waals surface area (Å²) in [5.74, 6) is 0.456. The maximum absolute atomic E-state index is 12.6. The normalized spacial score (nSPS) is 14.8. The van der Waals surface area contributed by atoms with Gasteiger partial charge in [-0.2, -0.15) is 0 Å². The van der Waals surface area contributed by atoms with Gasteiger partial charge < -0.3 is 10.6 Å². The van der Waals surface area contributed by atoms with E-state index >= 15 is 0 Å². The Labute approximate surface area is 117 Å². The molecule has 5 nitrogen and oxygen atoms in total. The molecule has 0 radical (unpaired) electrons. The number of aryl methyl sites for hydroxylation is 1. The SMILES string of the molecule is Nc1cnc(CN2CCCc3ccccc3C2=O)cn1. The molecule has 2 heterocycles. The molecule has 0 bridgehead atoms. The van der Waals surface area contributed by atoms with Crippen LogP contribution in [0, 0.1) is 0 Å². The minimum atomic E-state index is 0.0664. The number of carbonyl (C=O) groups is 1. The van der Waals surface area contributed by atoms with Crippen LogP contribution in [0.5, 0.6) is 0 Å². The first-order valence-corrected chi connectivity index (χ1v) is 6.67. The summed E-state index contributed by atoms with van der Waals surface area (Å²) in [7, 11) is 0. The predicted molar refractivity (Wildman–Crippen MR) is 75.9 cm³/mol. The number of hydrogen-bond acceptors (Lipinski definition) is 4. The zero-order valence-electron chi connectivity index (χ0n) is 11.1. The number of nitrogens with two attached hydrogens (primary N) is 1. The van der Waals surface area contributed by atoms with Crippen molar-refractivity contribution in [2.45, 2.75) is 19.4 Å². The molecule has 1 aromatic heterocycles. The molecule has 0 saturated heterocycles. The fourth-order valence-corrected chi connectivity index (χ4v) is 2.47. The summed E-state index contributed by atoms with van der Waals surface area (Å²) in [6, 6.07) is 7.81. The van der Waals surface area contributed by atoms with E-state index < -0.39 is 0 Å². The van der Waals surface area contributed by atoms with E-state index in [0.717, 1.165) is 36.2 Å². The van der Waals surface area contributed by atoms with Gasteiger partial charge in [-0.05, 0) is 24.5 Å². The van der Waals surface area contributed by atoms with Crippen molar-refractivity contribution >= 4 is 11.7 Å². The lowest BCUT2D eigenvalue weighted by atomic mass is 10.0. The molecule has 1 aliphatic rings. The summed E-state index contributed by atoms with van der Waals surface area (Å²) in [5, 5.41) is 0. The molecule has 2 N–H and O–H groups in total. The second-order valence-corrected chi connectivity index (χ2v) is 4.92. The maximum Gasteiger partial charge on any atom is 0.254 e. The van der Waals surface area contributed by atoms with E-state index in [4.69, 9.17) is 5.73 Å². The molecular formula is C15H16N4O. The van der Waals surface area contributed by atoms with Crippen LogP contribution >= 0.6 is 0 Å². The molecule has 1 amide bonds. The minimum Gasteiger partial charge on any atom is -0.382 e. The molecule has 0 atom stereocenters. The standard InChI is InChI=1S/C15H16N4O/c16-14-9-17-12(8-18-14)10-19-7-3-5-11-4-1-2-6-13(11)15(19)20/h1-2,4,6,8-9H,3,5,7,10H2,(H2,16,18). The number of anilines is 1. The van der Waals surface area contributed by atoms with Crippen LogP contribution in [0.1, 0.15) is 28.0 Å². The average molecular weight is 268 g/mol. The van der Waals surface area contributed by atoms with Crippen molar-refractivity contribution in [1.29, 1.82) is 0 Å². The van der Waals surface area contributed by atoms with Crippen molar-refractivity contribution in [2.24, 2.45) is 0 Å². The summed E-state index contributed by atoms with van der Waals surface area (Å²) in [5.41, 5.74) is 8.21. The Morgan fingerprint density at radius 2 is 2.05 bits per heavy atom. The van der Waals surface area contributed by atoms with Gasteiger partial charge in [0, 0.05) is 12.1 Å². The highest BCUT2D eigenvalue weighted by Gasteiger charge is 2.22. The van der Waals surface area contributed by atoms with Crippen molar-refractivity contribution in [3.8, 4) is 0 Å². The number of rotatable bonds is 2. The van der Waals surface area contributed by atoms with Gasteiger partial charge in [0.05, 0.1) is 24.6 Å². The topological polar surface area (TPSA) is 72.1 Å². The van der Waals surface area contributed by atoms with Crippen LogP contribution in [-0.4, -0.2) is 27.3 Å². The minimum absolute atomic E-state index is 0.0664. The number of nitrogens with zero attached hydrogens (tertiary/aromatic N) is 3. The molecule has 1 aromatic carbocycles. The first-order valence-electron chi connectivity index (χ1n) is 6.67. The summed E-state index contributed by atoms with van der Waals surface area (Å²) >= 11 is 0. The molecule has 0 aliphatic carbocycles. The van der Waals surface area contributed by atoms with E-state index in [9.17, 15) is 4.79 Å². The Balaban J connectivity index is 1.84. The van der Waals surface area contributed by atoms with Gasteiger partial charge in [0.1, 0.15) is 5.82 Å². The zero-order valence-corrected chi connectivity index (χ0v) is 11.1. The van der Waals surface area contributed by atoms with E-state index in [1.54, 1.807) is 6.20 Å². The molecule has 20 heavy (non-hydrogen) atoms. The Kier molecular flexibility index (Phi) is 3.33. The van der Waals surface area contributed by atoms with Crippen LogP contribution in [-0.2, 0) is 13.0 Å². The van der Waals surface area contributed by atoms with E-state index in [1.807, 2.05) is 29.2 Å². The van der Waals surface area contributed by atoms with Gasteiger partial charge in [0.25, 0.3) is 5.91 Å². The van der Waals surface area contributed by atoms with Crippen molar-refractivity contribution in [1.82, 2.24) is 14.9 Å². The first-order chi connectivity index (χ1) is 9.74. The number of nitrogen functional groups attached to an aromatic ring is 1. The largest absolute Gasteiger partial charge is 0.382 e. The van der Waals surface area contributed by atoms with E-state index in [0.29, 0.717) is 12.4 Å². The fraction of sp³-hybridized carbons (Fsp3) is 0.267. The van der Waals surface area contributed by atoms with Gasteiger partial charge in [0.2, 0.25) is 0 Å². The lowest BCUT2D eigenvalue weighted by molar-refractivity contribution is 0.0746. The molecule has 102 valence electrons. The van der Waals surface area contributed by atoms with E-state index in [2.05, 4.69) is 9.97 Å². The summed E-state index contributed by atoms with van der Waals surface area (Å²) < 4.78 is 0. The van der Waals surface area contributed by atoms with Gasteiger partial charge in [-0.25, -0.2) is 4.98 Å². The summed E-state index contributed by atoms with van der Waals surface area (Å²) in [6.07, 6.45) is 5.04. The smallest absolute Gasteiger partial charge is 0.254 e. The third-order valence-electron chi connectivity index (χ3n) is 3.49. The predicted octanol–water partition coefficient (Wildman–Crippen LogP) is 1.65. The second kappa shape index (κ2) is 5.28. The lowest BCUT2D eigenvalue weighted by Gasteiger charge is -2.20. The number of fused-ring (bicyclic) bond motifs is 1. The molecule has 3 rings (SSSR count). The second-order valence-electron chi connectivity index (χ2n) is 4.92. The van der Waals surface area contributed by atoms with Crippen molar-refractivity contribution in [2.75, 3.05) is 12.3 Å². The summed E-state index contributed by atoms with van der Waals surface area (Å²) in [4.78, 5) is 22.6. The number of aromatic nitrogens is 2. The monoisotopic (exact) mass is 268 g/mol. The highest BCUT2D eigenvalue weighted by molar-refractivity contribution is 5.96.